The average Bonchev–Trinajstić information content (AvgIpc) is 3.15. The summed E-state index contributed by atoms with van der Waals surface area (Å²) in [5.41, 5.74) is 2.20. The number of aromatic nitrogens is 1. The Labute approximate surface area is 171 Å². The summed E-state index contributed by atoms with van der Waals surface area (Å²) in [5, 5.41) is 3.86. The molecule has 0 saturated carbocycles. The fourth-order valence-corrected chi connectivity index (χ4v) is 3.32. The fourth-order valence-electron chi connectivity index (χ4n) is 2.21. The molecule has 5 nitrogen and oxygen atoms in total. The van der Waals surface area contributed by atoms with E-state index in [-0.39, 0.29) is 41.9 Å². The van der Waals surface area contributed by atoms with Gasteiger partial charge in [-0.1, -0.05) is 0 Å². The Bertz CT molecular complexity index is 923. The summed E-state index contributed by atoms with van der Waals surface area (Å²) in [6.07, 6.45) is 1.50. The zero-order valence-corrected chi connectivity index (χ0v) is 17.5. The summed E-state index contributed by atoms with van der Waals surface area (Å²) >= 11 is 1.53. The summed E-state index contributed by atoms with van der Waals surface area (Å²) in [6, 6.07) is 7.78. The number of oxazole rings is 1. The van der Waals surface area contributed by atoms with Gasteiger partial charge in [0.15, 0.2) is 5.76 Å². The van der Waals surface area contributed by atoms with Crippen molar-refractivity contribution < 1.29 is 17.2 Å². The number of rotatable bonds is 6. The normalized spacial score (nSPS) is 11.3. The quantitative estimate of drug-likeness (QED) is 0.658. The van der Waals surface area contributed by atoms with Crippen LogP contribution in [-0.4, -0.2) is 55.8 Å². The molecule has 25 heavy (non-hydrogen) atoms. The molecule has 0 fully saturated rings. The average molecular weight is 389 g/mol. The number of benzene rings is 1. The molecule has 3 rings (SSSR count). The molecule has 3 aromatic rings. The van der Waals surface area contributed by atoms with Crippen molar-refractivity contribution in [3.63, 3.8) is 0 Å². The minimum atomic E-state index is -3.26. The van der Waals surface area contributed by atoms with Crippen LogP contribution in [0.25, 0.3) is 22.8 Å². The third kappa shape index (κ3) is 5.47. The van der Waals surface area contributed by atoms with E-state index in [2.05, 4.69) is 9.71 Å². The van der Waals surface area contributed by atoms with Crippen LogP contribution in [0.3, 0.4) is 0 Å². The van der Waals surface area contributed by atoms with Gasteiger partial charge in [-0.3, -0.25) is 0 Å². The fraction of sp³-hybridized carbons (Fsp3) is 0.188. The first kappa shape index (κ1) is 20.3. The Balaban J connectivity index is 0.00000225. The Morgan fingerprint density at radius 3 is 2.52 bits per heavy atom. The molecule has 1 N–H and O–H groups in total. The number of sulfonamides is 1. The van der Waals surface area contributed by atoms with Crippen LogP contribution in [0.5, 0.6) is 0 Å². The third-order valence-electron chi connectivity index (χ3n) is 3.30. The molecule has 2 heterocycles. The Hall–Kier alpha value is -1.03. The van der Waals surface area contributed by atoms with Crippen molar-refractivity contribution in [2.45, 2.75) is 6.42 Å². The molecule has 2 aromatic heterocycles. The summed E-state index contributed by atoms with van der Waals surface area (Å²) < 4.78 is 43.8. The standard InChI is InChI=1S/C16H15FN2O3S2.Na/c1-24(20,21)18-8-6-14-15(12-7-9-23-10-12)22-16(19-14)11-2-4-13(17)5-3-11;/h2-5,7,9-10,18H,6,8H2,1H3;. The van der Waals surface area contributed by atoms with Crippen LogP contribution in [0.2, 0.25) is 0 Å². The van der Waals surface area contributed by atoms with E-state index in [1.165, 1.54) is 23.5 Å². The Kier molecular flexibility index (Phi) is 6.95. The van der Waals surface area contributed by atoms with E-state index in [0.29, 0.717) is 29.3 Å². The molecule has 0 bridgehead atoms. The molecular weight excluding hydrogens is 374 g/mol. The van der Waals surface area contributed by atoms with E-state index in [9.17, 15) is 12.8 Å². The SMILES string of the molecule is CS(=O)(=O)NCCc1nc(-c2ccc(F)cc2)oc1-c1ccsc1.[Na]. The molecule has 1 radical (unpaired) electrons. The minimum absolute atomic E-state index is 0. The first-order valence-corrected chi connectivity index (χ1v) is 9.98. The van der Waals surface area contributed by atoms with Gasteiger partial charge in [0.1, 0.15) is 5.82 Å². The molecule has 0 amide bonds. The summed E-state index contributed by atoms with van der Waals surface area (Å²) in [6.45, 7) is 0.228. The number of halogens is 1. The van der Waals surface area contributed by atoms with Crippen molar-refractivity contribution in [1.82, 2.24) is 9.71 Å². The number of nitrogens with one attached hydrogen (secondary N) is 1. The van der Waals surface area contributed by atoms with Gasteiger partial charge in [0, 0.05) is 59.0 Å². The maximum absolute atomic E-state index is 13.1. The van der Waals surface area contributed by atoms with Gasteiger partial charge in [0.2, 0.25) is 15.9 Å². The van der Waals surface area contributed by atoms with Crippen molar-refractivity contribution >= 4 is 50.9 Å². The zero-order chi connectivity index (χ0) is 17.2. The van der Waals surface area contributed by atoms with Crippen LogP contribution in [0.15, 0.2) is 45.5 Å². The van der Waals surface area contributed by atoms with Gasteiger partial charge in [-0.05, 0) is 35.7 Å². The molecule has 0 aliphatic rings. The van der Waals surface area contributed by atoms with E-state index in [0.717, 1.165) is 11.8 Å². The second-order valence-electron chi connectivity index (χ2n) is 5.23. The minimum Gasteiger partial charge on any atom is -0.436 e. The second-order valence-corrected chi connectivity index (χ2v) is 7.84. The van der Waals surface area contributed by atoms with Crippen LogP contribution >= 0.6 is 11.3 Å². The van der Waals surface area contributed by atoms with E-state index < -0.39 is 10.0 Å². The first-order valence-electron chi connectivity index (χ1n) is 7.15. The number of nitrogens with zero attached hydrogens (tertiary/aromatic N) is 1. The van der Waals surface area contributed by atoms with E-state index in [1.54, 1.807) is 12.1 Å². The number of hydrogen-bond donors (Lipinski definition) is 1. The summed E-state index contributed by atoms with van der Waals surface area (Å²) in [7, 11) is -3.26. The maximum atomic E-state index is 13.1. The topological polar surface area (TPSA) is 72.2 Å². The molecule has 9 heteroatoms. The predicted octanol–water partition coefficient (Wildman–Crippen LogP) is 2.92. The van der Waals surface area contributed by atoms with Crippen molar-refractivity contribution in [3.05, 3.63) is 52.6 Å². The van der Waals surface area contributed by atoms with Crippen LogP contribution in [0, 0.1) is 5.82 Å². The Morgan fingerprint density at radius 2 is 1.92 bits per heavy atom. The van der Waals surface area contributed by atoms with Crippen molar-refractivity contribution in [1.29, 1.82) is 0 Å². The molecule has 0 atom stereocenters. The van der Waals surface area contributed by atoms with Gasteiger partial charge >= 0.3 is 0 Å². The van der Waals surface area contributed by atoms with Gasteiger partial charge in [0.25, 0.3) is 0 Å². The molecule has 1 aromatic carbocycles. The Morgan fingerprint density at radius 1 is 1.20 bits per heavy atom. The van der Waals surface area contributed by atoms with Gasteiger partial charge in [-0.25, -0.2) is 22.5 Å². The smallest absolute Gasteiger partial charge is 0.227 e. The molecular formula is C16H15FN2NaO3S2. The van der Waals surface area contributed by atoms with Crippen LogP contribution in [0.1, 0.15) is 5.69 Å². The molecule has 0 unspecified atom stereocenters. The van der Waals surface area contributed by atoms with Gasteiger partial charge < -0.3 is 4.42 Å². The van der Waals surface area contributed by atoms with Crippen LogP contribution in [0.4, 0.5) is 4.39 Å². The summed E-state index contributed by atoms with van der Waals surface area (Å²) in [4.78, 5) is 4.47. The molecule has 0 aliphatic heterocycles. The summed E-state index contributed by atoms with van der Waals surface area (Å²) in [5.74, 6) is 0.650. The maximum Gasteiger partial charge on any atom is 0.227 e. The predicted molar refractivity (Wildman–Crippen MR) is 97.5 cm³/mol. The largest absolute Gasteiger partial charge is 0.436 e. The second kappa shape index (κ2) is 8.57. The van der Waals surface area contributed by atoms with Crippen molar-refractivity contribution in [2.24, 2.45) is 0 Å². The van der Waals surface area contributed by atoms with Crippen LogP contribution < -0.4 is 4.72 Å². The van der Waals surface area contributed by atoms with Crippen LogP contribution in [-0.2, 0) is 16.4 Å². The number of thiophene rings is 1. The molecule has 0 saturated heterocycles. The first-order chi connectivity index (χ1) is 11.4. The van der Waals surface area contributed by atoms with Crippen molar-refractivity contribution in [3.8, 4) is 22.8 Å². The van der Waals surface area contributed by atoms with Gasteiger partial charge in [-0.2, -0.15) is 11.3 Å². The zero-order valence-electron chi connectivity index (χ0n) is 13.8. The van der Waals surface area contributed by atoms with E-state index in [4.69, 9.17) is 4.42 Å². The molecule has 127 valence electrons. The molecule has 0 aliphatic carbocycles. The van der Waals surface area contributed by atoms with Crippen molar-refractivity contribution in [2.75, 3.05) is 12.8 Å². The van der Waals surface area contributed by atoms with E-state index >= 15 is 0 Å². The third-order valence-corrected chi connectivity index (χ3v) is 4.71. The monoisotopic (exact) mass is 389 g/mol. The van der Waals surface area contributed by atoms with E-state index in [1.807, 2.05) is 16.8 Å². The molecule has 0 spiro atoms. The number of hydrogen-bond acceptors (Lipinski definition) is 5. The van der Waals surface area contributed by atoms with Gasteiger partial charge in [-0.15, -0.1) is 0 Å². The van der Waals surface area contributed by atoms with Gasteiger partial charge in [0.05, 0.1) is 11.9 Å².